The summed E-state index contributed by atoms with van der Waals surface area (Å²) in [7, 11) is 0. The van der Waals surface area contributed by atoms with Crippen molar-refractivity contribution in [2.24, 2.45) is 23.7 Å². The molecule has 0 aromatic heterocycles. The second-order valence-corrected chi connectivity index (χ2v) is 4.30. The van der Waals surface area contributed by atoms with Crippen molar-refractivity contribution < 1.29 is 5.11 Å². The van der Waals surface area contributed by atoms with E-state index in [9.17, 15) is 5.11 Å². The van der Waals surface area contributed by atoms with Crippen LogP contribution in [0.1, 0.15) is 12.8 Å². The summed E-state index contributed by atoms with van der Waals surface area (Å²) in [6, 6.07) is 0. The summed E-state index contributed by atoms with van der Waals surface area (Å²) in [5.74, 6) is 2.45. The van der Waals surface area contributed by atoms with Gasteiger partial charge in [0.25, 0.3) is 0 Å². The van der Waals surface area contributed by atoms with Crippen LogP contribution in [0.4, 0.5) is 0 Å². The van der Waals surface area contributed by atoms with Crippen LogP contribution >= 0.6 is 0 Å². The van der Waals surface area contributed by atoms with Crippen molar-refractivity contribution >= 4 is 0 Å². The largest absolute Gasteiger partial charge is 0.392 e. The minimum atomic E-state index is -0.0556. The van der Waals surface area contributed by atoms with E-state index in [4.69, 9.17) is 0 Å². The lowest BCUT2D eigenvalue weighted by Crippen LogP contribution is -2.20. The number of rotatable bonds is 0. The van der Waals surface area contributed by atoms with Crippen molar-refractivity contribution in [2.75, 3.05) is 0 Å². The Bertz CT molecular complexity index is 230. The molecule has 1 saturated carbocycles. The zero-order chi connectivity index (χ0) is 8.13. The first-order valence-electron chi connectivity index (χ1n) is 4.89. The van der Waals surface area contributed by atoms with E-state index in [1.54, 1.807) is 0 Å². The number of aliphatic hydroxyl groups is 1. The number of aliphatic hydroxyl groups excluding tert-OH is 1. The molecule has 3 rings (SSSR count). The van der Waals surface area contributed by atoms with Crippen LogP contribution in [-0.2, 0) is 0 Å². The van der Waals surface area contributed by atoms with Crippen LogP contribution in [0.2, 0.25) is 0 Å². The Hall–Kier alpha value is -0.560. The van der Waals surface area contributed by atoms with E-state index in [1.165, 1.54) is 12.8 Å². The van der Waals surface area contributed by atoms with Crippen LogP contribution in [0.25, 0.3) is 0 Å². The maximum atomic E-state index is 9.87. The van der Waals surface area contributed by atoms with Crippen LogP contribution in [-0.4, -0.2) is 11.2 Å². The van der Waals surface area contributed by atoms with E-state index in [0.29, 0.717) is 11.8 Å². The zero-order valence-electron chi connectivity index (χ0n) is 7.06. The van der Waals surface area contributed by atoms with Gasteiger partial charge in [-0.2, -0.15) is 0 Å². The molecule has 12 heavy (non-hydrogen) atoms. The van der Waals surface area contributed by atoms with Crippen molar-refractivity contribution in [3.05, 3.63) is 24.3 Å². The summed E-state index contributed by atoms with van der Waals surface area (Å²) in [6.07, 6.45) is 11.3. The maximum Gasteiger partial charge on any atom is 0.0671 e. The van der Waals surface area contributed by atoms with Crippen molar-refractivity contribution in [3.63, 3.8) is 0 Å². The molecule has 1 nitrogen and oxygen atoms in total. The van der Waals surface area contributed by atoms with Gasteiger partial charge in [-0.05, 0) is 24.7 Å². The fourth-order valence-corrected chi connectivity index (χ4v) is 3.27. The summed E-state index contributed by atoms with van der Waals surface area (Å²) in [5.41, 5.74) is 0. The molecule has 3 unspecified atom stereocenters. The number of fused-ring (bicyclic) bond motifs is 5. The molecule has 0 aliphatic heterocycles. The third-order valence-corrected chi connectivity index (χ3v) is 3.87. The van der Waals surface area contributed by atoms with E-state index in [2.05, 4.69) is 24.3 Å². The number of hydrogen-bond acceptors (Lipinski definition) is 1. The highest BCUT2D eigenvalue weighted by atomic mass is 16.3. The molecular formula is C11H14O. The Labute approximate surface area is 72.8 Å². The topological polar surface area (TPSA) is 20.2 Å². The molecule has 1 N–H and O–H groups in total. The van der Waals surface area contributed by atoms with Gasteiger partial charge in [0.05, 0.1) is 6.10 Å². The Morgan fingerprint density at radius 2 is 1.42 bits per heavy atom. The monoisotopic (exact) mass is 162 g/mol. The molecule has 5 atom stereocenters. The van der Waals surface area contributed by atoms with Gasteiger partial charge in [0.2, 0.25) is 0 Å². The minimum Gasteiger partial charge on any atom is -0.392 e. The molecule has 2 bridgehead atoms. The summed E-state index contributed by atoms with van der Waals surface area (Å²) in [6.45, 7) is 0. The Morgan fingerprint density at radius 3 is 1.92 bits per heavy atom. The molecule has 1 fully saturated rings. The van der Waals surface area contributed by atoms with Crippen molar-refractivity contribution in [3.8, 4) is 0 Å². The average molecular weight is 162 g/mol. The molecular weight excluding hydrogens is 148 g/mol. The third kappa shape index (κ3) is 0.680. The number of hydrogen-bond donors (Lipinski definition) is 1. The molecule has 3 aliphatic rings. The van der Waals surface area contributed by atoms with E-state index < -0.39 is 0 Å². The van der Waals surface area contributed by atoms with Gasteiger partial charge in [-0.15, -0.1) is 0 Å². The molecule has 0 aromatic rings. The van der Waals surface area contributed by atoms with Gasteiger partial charge in [-0.25, -0.2) is 0 Å². The lowest BCUT2D eigenvalue weighted by atomic mass is 9.76. The van der Waals surface area contributed by atoms with Crippen LogP contribution < -0.4 is 0 Å². The van der Waals surface area contributed by atoms with Crippen LogP contribution in [0.3, 0.4) is 0 Å². The predicted octanol–water partition coefficient (Wildman–Crippen LogP) is 1.75. The fraction of sp³-hybridized carbons (Fsp3) is 0.636. The minimum absolute atomic E-state index is 0.0556. The van der Waals surface area contributed by atoms with E-state index >= 15 is 0 Å². The molecule has 0 amide bonds. The fourth-order valence-electron chi connectivity index (χ4n) is 3.27. The lowest BCUT2D eigenvalue weighted by Gasteiger charge is -2.28. The van der Waals surface area contributed by atoms with Crippen molar-refractivity contribution in [1.82, 2.24) is 0 Å². The van der Waals surface area contributed by atoms with Crippen LogP contribution in [0.15, 0.2) is 24.3 Å². The van der Waals surface area contributed by atoms with E-state index in [1.807, 2.05) is 0 Å². The highest BCUT2D eigenvalue weighted by Crippen LogP contribution is 2.52. The first-order chi connectivity index (χ1) is 5.88. The Morgan fingerprint density at radius 1 is 0.917 bits per heavy atom. The van der Waals surface area contributed by atoms with Gasteiger partial charge in [0.1, 0.15) is 0 Å². The van der Waals surface area contributed by atoms with Gasteiger partial charge >= 0.3 is 0 Å². The third-order valence-electron chi connectivity index (χ3n) is 3.87. The highest BCUT2D eigenvalue weighted by molar-refractivity contribution is 5.21. The van der Waals surface area contributed by atoms with Gasteiger partial charge in [-0.3, -0.25) is 0 Å². The molecule has 0 spiro atoms. The number of allylic oxidation sites excluding steroid dienone is 2. The molecule has 0 saturated heterocycles. The zero-order valence-corrected chi connectivity index (χ0v) is 7.06. The van der Waals surface area contributed by atoms with Crippen molar-refractivity contribution in [2.45, 2.75) is 18.9 Å². The molecule has 0 heterocycles. The molecule has 1 heteroatoms. The quantitative estimate of drug-likeness (QED) is 0.538. The highest BCUT2D eigenvalue weighted by Gasteiger charge is 2.50. The van der Waals surface area contributed by atoms with Gasteiger partial charge in [-0.1, -0.05) is 24.3 Å². The molecule has 0 aromatic carbocycles. The van der Waals surface area contributed by atoms with Crippen LogP contribution in [0.5, 0.6) is 0 Å². The first kappa shape index (κ1) is 6.90. The summed E-state index contributed by atoms with van der Waals surface area (Å²) < 4.78 is 0. The second-order valence-electron chi connectivity index (χ2n) is 4.30. The maximum absolute atomic E-state index is 9.87. The Balaban J connectivity index is 1.97. The SMILES string of the molecule is OC1C2C=CC1[C@@H]1CC=CC[C@H]21. The second kappa shape index (κ2) is 2.23. The van der Waals surface area contributed by atoms with E-state index in [0.717, 1.165) is 11.8 Å². The van der Waals surface area contributed by atoms with Gasteiger partial charge < -0.3 is 5.11 Å². The Kier molecular flexibility index (Phi) is 1.28. The normalized spacial score (nSPS) is 54.6. The summed E-state index contributed by atoms with van der Waals surface area (Å²) in [4.78, 5) is 0. The van der Waals surface area contributed by atoms with E-state index in [-0.39, 0.29) is 6.10 Å². The summed E-state index contributed by atoms with van der Waals surface area (Å²) >= 11 is 0. The molecule has 3 aliphatic carbocycles. The molecule has 0 radical (unpaired) electrons. The van der Waals surface area contributed by atoms with Crippen LogP contribution in [0, 0.1) is 23.7 Å². The molecule has 64 valence electrons. The standard InChI is InChI=1S/C11H14O/c12-11-9-5-6-10(11)8-4-2-1-3-7(8)9/h1-2,5-12H,3-4H2/t7-,8+,9?,10?,11?. The van der Waals surface area contributed by atoms with Gasteiger partial charge in [0.15, 0.2) is 0 Å². The average Bonchev–Trinajstić information content (AvgIpc) is 2.61. The summed E-state index contributed by atoms with van der Waals surface area (Å²) in [5, 5.41) is 9.87. The first-order valence-corrected chi connectivity index (χ1v) is 4.89. The lowest BCUT2D eigenvalue weighted by molar-refractivity contribution is 0.127. The smallest absolute Gasteiger partial charge is 0.0671 e. The van der Waals surface area contributed by atoms with Gasteiger partial charge in [0, 0.05) is 11.8 Å². The predicted molar refractivity (Wildman–Crippen MR) is 47.5 cm³/mol. The van der Waals surface area contributed by atoms with Crippen molar-refractivity contribution in [1.29, 1.82) is 0 Å².